The Hall–Kier alpha value is -0.810. The van der Waals surface area contributed by atoms with Crippen LogP contribution < -0.4 is 0 Å². The van der Waals surface area contributed by atoms with E-state index in [9.17, 15) is 4.79 Å². The maximum atomic E-state index is 10.8. The number of carbonyl (C=O) groups excluding carboxylic acids is 1. The van der Waals surface area contributed by atoms with E-state index in [4.69, 9.17) is 11.6 Å². The SMILES string of the molecule is COC(=O)CSc1cc(Cl)nc(C)n1. The van der Waals surface area contributed by atoms with Gasteiger partial charge in [0.1, 0.15) is 16.0 Å². The molecule has 0 N–H and O–H groups in total. The largest absolute Gasteiger partial charge is 0.468 e. The molecule has 14 heavy (non-hydrogen) atoms. The maximum Gasteiger partial charge on any atom is 0.316 e. The fraction of sp³-hybridized carbons (Fsp3) is 0.375. The lowest BCUT2D eigenvalue weighted by atomic mass is 10.6. The van der Waals surface area contributed by atoms with Crippen molar-refractivity contribution in [1.82, 2.24) is 9.97 Å². The number of thioether (sulfide) groups is 1. The highest BCUT2D eigenvalue weighted by Crippen LogP contribution is 2.18. The predicted molar refractivity (Wildman–Crippen MR) is 54.5 cm³/mol. The molecule has 0 amide bonds. The molecule has 0 aliphatic rings. The lowest BCUT2D eigenvalue weighted by Gasteiger charge is -2.01. The molecule has 0 unspecified atom stereocenters. The van der Waals surface area contributed by atoms with Gasteiger partial charge in [0.05, 0.1) is 12.9 Å². The first-order chi connectivity index (χ1) is 6.61. The predicted octanol–water partition coefficient (Wildman–Crippen LogP) is 1.70. The number of rotatable bonds is 3. The van der Waals surface area contributed by atoms with Crippen molar-refractivity contribution in [3.05, 3.63) is 17.0 Å². The van der Waals surface area contributed by atoms with E-state index in [2.05, 4.69) is 14.7 Å². The van der Waals surface area contributed by atoms with Crippen molar-refractivity contribution < 1.29 is 9.53 Å². The summed E-state index contributed by atoms with van der Waals surface area (Å²) in [6.45, 7) is 1.74. The van der Waals surface area contributed by atoms with Gasteiger partial charge in [-0.2, -0.15) is 0 Å². The Balaban J connectivity index is 2.63. The Morgan fingerprint density at radius 2 is 2.36 bits per heavy atom. The molecule has 0 radical (unpaired) electrons. The molecule has 0 bridgehead atoms. The number of hydrogen-bond acceptors (Lipinski definition) is 5. The molecule has 0 saturated carbocycles. The van der Waals surface area contributed by atoms with Crippen molar-refractivity contribution in [2.45, 2.75) is 11.9 Å². The molecule has 1 rings (SSSR count). The van der Waals surface area contributed by atoms with E-state index in [-0.39, 0.29) is 11.7 Å². The Bertz CT molecular complexity index is 326. The van der Waals surface area contributed by atoms with Gasteiger partial charge < -0.3 is 4.74 Å². The molecule has 0 aliphatic carbocycles. The van der Waals surface area contributed by atoms with Gasteiger partial charge in [0.25, 0.3) is 0 Å². The quantitative estimate of drug-likeness (QED) is 0.451. The summed E-state index contributed by atoms with van der Waals surface area (Å²) in [7, 11) is 1.35. The van der Waals surface area contributed by atoms with Crippen molar-refractivity contribution in [3.63, 3.8) is 0 Å². The zero-order valence-electron chi connectivity index (χ0n) is 7.78. The van der Waals surface area contributed by atoms with E-state index < -0.39 is 0 Å². The Morgan fingerprint density at radius 1 is 1.64 bits per heavy atom. The van der Waals surface area contributed by atoms with E-state index >= 15 is 0 Å². The van der Waals surface area contributed by atoms with E-state index in [1.807, 2.05) is 0 Å². The average molecular weight is 233 g/mol. The first-order valence-corrected chi connectivity index (χ1v) is 5.19. The Morgan fingerprint density at radius 3 is 2.93 bits per heavy atom. The van der Waals surface area contributed by atoms with Crippen LogP contribution in [0.5, 0.6) is 0 Å². The number of ether oxygens (including phenoxy) is 1. The van der Waals surface area contributed by atoms with Gasteiger partial charge in [-0.15, -0.1) is 0 Å². The molecule has 0 atom stereocenters. The van der Waals surface area contributed by atoms with Crippen LogP contribution >= 0.6 is 23.4 Å². The van der Waals surface area contributed by atoms with Crippen LogP contribution in [0.1, 0.15) is 5.82 Å². The second-order valence-electron chi connectivity index (χ2n) is 2.44. The number of nitrogens with zero attached hydrogens (tertiary/aromatic N) is 2. The standard InChI is InChI=1S/C8H9ClN2O2S/c1-5-10-6(9)3-7(11-5)14-4-8(12)13-2/h3H,4H2,1-2H3. The zero-order chi connectivity index (χ0) is 10.6. The normalized spacial score (nSPS) is 9.93. The van der Waals surface area contributed by atoms with Gasteiger partial charge in [-0.3, -0.25) is 4.79 Å². The third-order valence-electron chi connectivity index (χ3n) is 1.35. The number of aromatic nitrogens is 2. The summed E-state index contributed by atoms with van der Waals surface area (Å²) < 4.78 is 4.50. The van der Waals surface area contributed by atoms with Gasteiger partial charge in [-0.25, -0.2) is 9.97 Å². The second kappa shape index (κ2) is 5.17. The minimum Gasteiger partial charge on any atom is -0.468 e. The summed E-state index contributed by atoms with van der Waals surface area (Å²) in [5.41, 5.74) is 0. The van der Waals surface area contributed by atoms with E-state index in [1.54, 1.807) is 13.0 Å². The van der Waals surface area contributed by atoms with Crippen LogP contribution in [-0.4, -0.2) is 28.8 Å². The number of aryl methyl sites for hydroxylation is 1. The molecule has 1 aromatic heterocycles. The molecule has 1 heterocycles. The Labute approximate surface area is 91.0 Å². The van der Waals surface area contributed by atoms with Crippen LogP contribution in [0.15, 0.2) is 11.1 Å². The summed E-state index contributed by atoms with van der Waals surface area (Å²) >= 11 is 6.99. The molecule has 76 valence electrons. The van der Waals surface area contributed by atoms with Crippen LogP contribution in [0.25, 0.3) is 0 Å². The highest BCUT2D eigenvalue weighted by molar-refractivity contribution is 7.99. The maximum absolute atomic E-state index is 10.8. The number of carbonyl (C=O) groups is 1. The number of methoxy groups -OCH3 is 1. The highest BCUT2D eigenvalue weighted by Gasteiger charge is 2.05. The fourth-order valence-corrected chi connectivity index (χ4v) is 1.84. The lowest BCUT2D eigenvalue weighted by molar-refractivity contribution is -0.137. The van der Waals surface area contributed by atoms with Gasteiger partial charge in [-0.05, 0) is 6.92 Å². The topological polar surface area (TPSA) is 52.1 Å². The van der Waals surface area contributed by atoms with Crippen molar-refractivity contribution in [2.75, 3.05) is 12.9 Å². The number of halogens is 1. The summed E-state index contributed by atoms with van der Waals surface area (Å²) in [6, 6.07) is 1.61. The molecule has 0 fully saturated rings. The second-order valence-corrected chi connectivity index (χ2v) is 3.82. The van der Waals surface area contributed by atoms with Gasteiger partial charge in [0.15, 0.2) is 0 Å². The minimum atomic E-state index is -0.289. The average Bonchev–Trinajstić information content (AvgIpc) is 2.12. The van der Waals surface area contributed by atoms with Crippen LogP contribution in [0.3, 0.4) is 0 Å². The van der Waals surface area contributed by atoms with E-state index in [1.165, 1.54) is 18.9 Å². The zero-order valence-corrected chi connectivity index (χ0v) is 9.35. The lowest BCUT2D eigenvalue weighted by Crippen LogP contribution is -2.03. The Kier molecular flexibility index (Phi) is 4.16. The molecule has 1 aromatic rings. The highest BCUT2D eigenvalue weighted by atomic mass is 35.5. The first-order valence-electron chi connectivity index (χ1n) is 3.82. The molecule has 0 saturated heterocycles. The summed E-state index contributed by atoms with van der Waals surface area (Å²) in [4.78, 5) is 18.8. The van der Waals surface area contributed by atoms with Gasteiger partial charge in [-0.1, -0.05) is 23.4 Å². The van der Waals surface area contributed by atoms with Crippen LogP contribution in [0.4, 0.5) is 0 Å². The number of hydrogen-bond donors (Lipinski definition) is 0. The van der Waals surface area contributed by atoms with Crippen molar-refractivity contribution in [2.24, 2.45) is 0 Å². The van der Waals surface area contributed by atoms with Gasteiger partial charge in [0, 0.05) is 6.07 Å². The summed E-state index contributed by atoms with van der Waals surface area (Å²) in [5, 5.41) is 1.05. The summed E-state index contributed by atoms with van der Waals surface area (Å²) in [6.07, 6.45) is 0. The van der Waals surface area contributed by atoms with Crippen LogP contribution in [0.2, 0.25) is 5.15 Å². The molecular weight excluding hydrogens is 224 g/mol. The molecule has 0 aliphatic heterocycles. The summed E-state index contributed by atoms with van der Waals surface area (Å²) in [5.74, 6) is 0.524. The van der Waals surface area contributed by atoms with E-state index in [0.717, 1.165) is 0 Å². The first kappa shape index (κ1) is 11.3. The van der Waals surface area contributed by atoms with Crippen molar-refractivity contribution in [1.29, 1.82) is 0 Å². The number of esters is 1. The molecule has 6 heteroatoms. The van der Waals surface area contributed by atoms with Crippen molar-refractivity contribution >= 4 is 29.3 Å². The molecular formula is C8H9ClN2O2S. The van der Waals surface area contributed by atoms with E-state index in [0.29, 0.717) is 16.0 Å². The van der Waals surface area contributed by atoms with Crippen LogP contribution in [-0.2, 0) is 9.53 Å². The van der Waals surface area contributed by atoms with Gasteiger partial charge >= 0.3 is 5.97 Å². The molecule has 4 nitrogen and oxygen atoms in total. The monoisotopic (exact) mass is 232 g/mol. The third-order valence-corrected chi connectivity index (χ3v) is 2.43. The molecule has 0 spiro atoms. The smallest absolute Gasteiger partial charge is 0.316 e. The minimum absolute atomic E-state index is 0.225. The van der Waals surface area contributed by atoms with Crippen LogP contribution in [0, 0.1) is 6.92 Å². The third kappa shape index (κ3) is 3.51. The fourth-order valence-electron chi connectivity index (χ4n) is 0.771. The molecule has 0 aromatic carbocycles. The van der Waals surface area contributed by atoms with Crippen molar-refractivity contribution in [3.8, 4) is 0 Å². The van der Waals surface area contributed by atoms with Gasteiger partial charge in [0.2, 0.25) is 0 Å².